The first-order valence-electron chi connectivity index (χ1n) is 11.5. The molecule has 0 spiro atoms. The van der Waals surface area contributed by atoms with E-state index in [0.29, 0.717) is 6.61 Å². The van der Waals surface area contributed by atoms with Crippen LogP contribution in [0.1, 0.15) is 61.9 Å². The highest BCUT2D eigenvalue weighted by molar-refractivity contribution is 5.24. The normalized spacial score (nSPS) is 11.9. The summed E-state index contributed by atoms with van der Waals surface area (Å²) in [5.74, 6) is 0.848. The van der Waals surface area contributed by atoms with Gasteiger partial charge in [-0.15, -0.1) is 0 Å². The van der Waals surface area contributed by atoms with Crippen LogP contribution >= 0.6 is 0 Å². The third kappa shape index (κ3) is 7.36. The summed E-state index contributed by atoms with van der Waals surface area (Å²) in [4.78, 5) is 0. The number of aryl methyl sites for hydroxylation is 2. The second-order valence-electron chi connectivity index (χ2n) is 8.26. The SMILES string of the molecule is CCCc1cccn1Cc1ccc(CCCC/C(N)=C(\C)OCc2ccccc2)cc1. The van der Waals surface area contributed by atoms with Gasteiger partial charge in [0.2, 0.25) is 0 Å². The average molecular weight is 417 g/mol. The van der Waals surface area contributed by atoms with Crippen molar-refractivity contribution in [2.24, 2.45) is 5.73 Å². The summed E-state index contributed by atoms with van der Waals surface area (Å²) in [5.41, 5.74) is 12.4. The number of aromatic nitrogens is 1. The second kappa shape index (κ2) is 12.0. The van der Waals surface area contributed by atoms with Crippen molar-refractivity contribution in [1.82, 2.24) is 4.57 Å². The van der Waals surface area contributed by atoms with Gasteiger partial charge in [-0.25, -0.2) is 0 Å². The van der Waals surface area contributed by atoms with Crippen molar-refractivity contribution in [3.05, 3.63) is 107 Å². The van der Waals surface area contributed by atoms with E-state index in [1.165, 1.54) is 23.2 Å². The maximum atomic E-state index is 6.23. The molecule has 3 rings (SSSR count). The molecule has 31 heavy (non-hydrogen) atoms. The fourth-order valence-corrected chi connectivity index (χ4v) is 3.77. The van der Waals surface area contributed by atoms with E-state index in [1.807, 2.05) is 25.1 Å². The molecule has 3 aromatic rings. The first kappa shape index (κ1) is 22.7. The Morgan fingerprint density at radius 2 is 1.58 bits per heavy atom. The zero-order valence-electron chi connectivity index (χ0n) is 19.0. The summed E-state index contributed by atoms with van der Waals surface area (Å²) in [6.07, 6.45) is 8.67. The summed E-state index contributed by atoms with van der Waals surface area (Å²) >= 11 is 0. The van der Waals surface area contributed by atoms with Crippen LogP contribution < -0.4 is 5.73 Å². The Balaban J connectivity index is 1.39. The standard InChI is InChI=1S/C28H36N2O/c1-3-10-27-14-9-20-30(27)21-25-18-16-24(17-19-25)11-7-8-15-28(29)23(2)31-22-26-12-5-4-6-13-26/h4-6,9,12-14,16-20H,3,7-8,10-11,15,21-22,29H2,1-2H3/b28-23-. The first-order chi connectivity index (χ1) is 15.2. The summed E-state index contributed by atoms with van der Waals surface area (Å²) in [6.45, 7) is 5.72. The van der Waals surface area contributed by atoms with E-state index in [4.69, 9.17) is 10.5 Å². The number of unbranched alkanes of at least 4 members (excludes halogenated alkanes) is 1. The summed E-state index contributed by atoms with van der Waals surface area (Å²) in [6, 6.07) is 23.6. The number of rotatable bonds is 12. The Morgan fingerprint density at radius 3 is 2.32 bits per heavy atom. The third-order valence-electron chi connectivity index (χ3n) is 5.72. The van der Waals surface area contributed by atoms with E-state index in [9.17, 15) is 0 Å². The van der Waals surface area contributed by atoms with E-state index in [1.54, 1.807) is 0 Å². The molecule has 0 unspecified atom stereocenters. The quantitative estimate of drug-likeness (QED) is 0.267. The molecule has 0 aliphatic rings. The van der Waals surface area contributed by atoms with Gasteiger partial charge in [-0.3, -0.25) is 0 Å². The number of ether oxygens (including phenoxy) is 1. The molecule has 0 atom stereocenters. The van der Waals surface area contributed by atoms with Gasteiger partial charge in [-0.05, 0) is 67.9 Å². The molecule has 1 aromatic heterocycles. The topological polar surface area (TPSA) is 40.2 Å². The predicted octanol–water partition coefficient (Wildman–Crippen LogP) is 6.61. The minimum absolute atomic E-state index is 0.572. The van der Waals surface area contributed by atoms with Gasteiger partial charge < -0.3 is 15.0 Å². The van der Waals surface area contributed by atoms with Gasteiger partial charge in [0.25, 0.3) is 0 Å². The fraction of sp³-hybridized carbons (Fsp3) is 0.357. The molecule has 0 amide bonds. The third-order valence-corrected chi connectivity index (χ3v) is 5.72. The molecular weight excluding hydrogens is 380 g/mol. The molecule has 0 fully saturated rings. The monoisotopic (exact) mass is 416 g/mol. The highest BCUT2D eigenvalue weighted by atomic mass is 16.5. The van der Waals surface area contributed by atoms with Crippen molar-refractivity contribution >= 4 is 0 Å². The Labute approximate surface area is 187 Å². The minimum Gasteiger partial charge on any atom is -0.492 e. The van der Waals surface area contributed by atoms with Crippen molar-refractivity contribution < 1.29 is 4.74 Å². The molecular formula is C28H36N2O. The zero-order valence-corrected chi connectivity index (χ0v) is 19.0. The summed E-state index contributed by atoms with van der Waals surface area (Å²) in [5, 5.41) is 0. The maximum absolute atomic E-state index is 6.23. The molecule has 0 bridgehead atoms. The molecule has 0 aliphatic carbocycles. The van der Waals surface area contributed by atoms with Gasteiger partial charge in [-0.1, -0.05) is 67.9 Å². The van der Waals surface area contributed by atoms with E-state index < -0.39 is 0 Å². The Morgan fingerprint density at radius 1 is 0.839 bits per heavy atom. The second-order valence-corrected chi connectivity index (χ2v) is 8.26. The molecule has 3 heteroatoms. The predicted molar refractivity (Wildman–Crippen MR) is 130 cm³/mol. The number of hydrogen-bond acceptors (Lipinski definition) is 2. The highest BCUT2D eigenvalue weighted by Gasteiger charge is 2.03. The van der Waals surface area contributed by atoms with Gasteiger partial charge in [0, 0.05) is 24.1 Å². The number of allylic oxidation sites excluding steroid dienone is 2. The molecule has 0 saturated heterocycles. The highest BCUT2D eigenvalue weighted by Crippen LogP contribution is 2.15. The lowest BCUT2D eigenvalue weighted by atomic mass is 10.0. The van der Waals surface area contributed by atoms with Crippen LogP contribution in [0.5, 0.6) is 0 Å². The van der Waals surface area contributed by atoms with Crippen LogP contribution in [0.2, 0.25) is 0 Å². The van der Waals surface area contributed by atoms with Crippen molar-refractivity contribution in [3.63, 3.8) is 0 Å². The van der Waals surface area contributed by atoms with E-state index in [0.717, 1.165) is 55.7 Å². The molecule has 0 saturated carbocycles. The number of nitrogens with zero attached hydrogens (tertiary/aromatic N) is 1. The first-order valence-corrected chi connectivity index (χ1v) is 11.5. The van der Waals surface area contributed by atoms with Crippen molar-refractivity contribution in [1.29, 1.82) is 0 Å². The van der Waals surface area contributed by atoms with Crippen molar-refractivity contribution in [2.45, 2.75) is 65.5 Å². The zero-order chi connectivity index (χ0) is 21.9. The van der Waals surface area contributed by atoms with Gasteiger partial charge >= 0.3 is 0 Å². The Bertz CT molecular complexity index is 939. The molecule has 164 valence electrons. The average Bonchev–Trinajstić information content (AvgIpc) is 3.23. The molecule has 2 aromatic carbocycles. The summed E-state index contributed by atoms with van der Waals surface area (Å²) in [7, 11) is 0. The van der Waals surface area contributed by atoms with Crippen LogP contribution in [0.4, 0.5) is 0 Å². The molecule has 2 N–H and O–H groups in total. The summed E-state index contributed by atoms with van der Waals surface area (Å²) < 4.78 is 8.19. The van der Waals surface area contributed by atoms with E-state index >= 15 is 0 Å². The number of nitrogens with two attached hydrogens (primary N) is 1. The van der Waals surface area contributed by atoms with Crippen molar-refractivity contribution in [2.75, 3.05) is 0 Å². The lowest BCUT2D eigenvalue weighted by Gasteiger charge is -2.11. The van der Waals surface area contributed by atoms with E-state index in [-0.39, 0.29) is 0 Å². The van der Waals surface area contributed by atoms with Crippen molar-refractivity contribution in [3.8, 4) is 0 Å². The fourth-order valence-electron chi connectivity index (χ4n) is 3.77. The van der Waals surface area contributed by atoms with Crippen LogP contribution in [0.15, 0.2) is 84.4 Å². The van der Waals surface area contributed by atoms with Gasteiger partial charge in [0.15, 0.2) is 0 Å². The number of benzene rings is 2. The lowest BCUT2D eigenvalue weighted by molar-refractivity contribution is 0.195. The largest absolute Gasteiger partial charge is 0.492 e. The number of hydrogen-bond donors (Lipinski definition) is 1. The molecule has 3 nitrogen and oxygen atoms in total. The van der Waals surface area contributed by atoms with Crippen LogP contribution in [-0.4, -0.2) is 4.57 Å². The van der Waals surface area contributed by atoms with Crippen LogP contribution in [0.25, 0.3) is 0 Å². The smallest absolute Gasteiger partial charge is 0.113 e. The van der Waals surface area contributed by atoms with Crippen LogP contribution in [-0.2, 0) is 30.7 Å². The van der Waals surface area contributed by atoms with Gasteiger partial charge in [0.1, 0.15) is 12.4 Å². The van der Waals surface area contributed by atoms with Crippen LogP contribution in [0, 0.1) is 0 Å². The molecule has 1 heterocycles. The van der Waals surface area contributed by atoms with Gasteiger partial charge in [0.05, 0.1) is 0 Å². The molecule has 0 aliphatic heterocycles. The minimum atomic E-state index is 0.572. The molecule has 0 radical (unpaired) electrons. The Kier molecular flexibility index (Phi) is 8.84. The lowest BCUT2D eigenvalue weighted by Crippen LogP contribution is -2.04. The maximum Gasteiger partial charge on any atom is 0.113 e. The van der Waals surface area contributed by atoms with Crippen LogP contribution in [0.3, 0.4) is 0 Å². The Hall–Kier alpha value is -2.94. The van der Waals surface area contributed by atoms with Gasteiger partial charge in [-0.2, -0.15) is 0 Å². The van der Waals surface area contributed by atoms with E-state index in [2.05, 4.69) is 66.2 Å².